The summed E-state index contributed by atoms with van der Waals surface area (Å²) in [5, 5.41) is 10.6. The molecule has 0 spiro atoms. The van der Waals surface area contributed by atoms with Gasteiger partial charge in [0.1, 0.15) is 35.6 Å². The first-order valence-electron chi connectivity index (χ1n) is 21.5. The number of carbonyl (C=O) groups excluding carboxylic acids is 7. The molecular weight excluding hydrogens is 787 g/mol. The largest absolute Gasteiger partial charge is 0.494 e. The highest BCUT2D eigenvalue weighted by molar-refractivity contribution is 6.38. The number of rotatable bonds is 12. The maximum Gasteiger partial charge on any atom is 0.333 e. The van der Waals surface area contributed by atoms with Gasteiger partial charge in [0.15, 0.2) is 12.3 Å². The standard InChI is InChI=1S/C45H59N5O11/c1-5-14-31(39(53)42(55)46-25-34(52)49-37(29-18-10-7-11-19-29)44(57)61-45(2,3)4)47-41(54)38-40-32-26-50(38)43(56)36(28-16-8-6-9-17-28)48-33(51)24-27-15-12-20-30(23-27)58-22-13-21-35(59-32)60-40/h7,10-12,15,18-20,23,28,31-32,35-38,40H,5-6,8-9,13-14,16-17,21-22,24-26H2,1-4H3,(H,46,55)(H,47,54)(H,48,51)(H,49,52)/t31-,32-,35?,36-,37-,38-,40-/m0/s1. The van der Waals surface area contributed by atoms with Crippen molar-refractivity contribution >= 4 is 41.3 Å². The fourth-order valence-electron chi connectivity index (χ4n) is 8.47. The van der Waals surface area contributed by atoms with Gasteiger partial charge in [-0.2, -0.15) is 0 Å². The Bertz CT molecular complexity index is 1910. The highest BCUT2D eigenvalue weighted by Gasteiger charge is 2.56. The summed E-state index contributed by atoms with van der Waals surface area (Å²) in [6, 6.07) is 11.1. The molecule has 4 N–H and O–H groups in total. The quantitative estimate of drug-likeness (QED) is 0.181. The Morgan fingerprint density at radius 2 is 1.67 bits per heavy atom. The first kappa shape index (κ1) is 45.2. The van der Waals surface area contributed by atoms with Gasteiger partial charge in [-0.1, -0.05) is 75.1 Å². The minimum Gasteiger partial charge on any atom is -0.494 e. The van der Waals surface area contributed by atoms with E-state index in [2.05, 4.69) is 21.3 Å². The number of nitrogens with one attached hydrogen (secondary N) is 4. The van der Waals surface area contributed by atoms with Gasteiger partial charge in [0.05, 0.1) is 32.2 Å². The Morgan fingerprint density at radius 1 is 0.918 bits per heavy atom. The van der Waals surface area contributed by atoms with E-state index in [9.17, 15) is 33.6 Å². The summed E-state index contributed by atoms with van der Waals surface area (Å²) in [4.78, 5) is 97.3. The van der Waals surface area contributed by atoms with Gasteiger partial charge in [0, 0.05) is 6.42 Å². The molecule has 7 atom stereocenters. The van der Waals surface area contributed by atoms with Gasteiger partial charge < -0.3 is 45.1 Å². The summed E-state index contributed by atoms with van der Waals surface area (Å²) < 4.78 is 24.1. The lowest BCUT2D eigenvalue weighted by Gasteiger charge is -2.35. The molecule has 0 aromatic heterocycles. The van der Waals surface area contributed by atoms with Crippen LogP contribution < -0.4 is 26.0 Å². The molecule has 16 heteroatoms. The third-order valence-corrected chi connectivity index (χ3v) is 11.3. The predicted molar refractivity (Wildman–Crippen MR) is 220 cm³/mol. The molecule has 1 unspecified atom stereocenters. The fourth-order valence-corrected chi connectivity index (χ4v) is 8.47. The Kier molecular flexibility index (Phi) is 15.2. The molecule has 7 rings (SSSR count). The Hall–Kier alpha value is -5.35. The van der Waals surface area contributed by atoms with Gasteiger partial charge in [-0.05, 0) is 75.6 Å². The first-order valence-corrected chi connectivity index (χ1v) is 21.5. The van der Waals surface area contributed by atoms with E-state index in [0.29, 0.717) is 37.2 Å². The van der Waals surface area contributed by atoms with Crippen LogP contribution >= 0.6 is 0 Å². The number of benzene rings is 2. The van der Waals surface area contributed by atoms with Crippen LogP contribution in [-0.4, -0.2) is 108 Å². The van der Waals surface area contributed by atoms with Crippen molar-refractivity contribution < 1.29 is 52.5 Å². The average molecular weight is 846 g/mol. The van der Waals surface area contributed by atoms with Crippen LogP contribution in [-0.2, 0) is 54.2 Å². The van der Waals surface area contributed by atoms with Crippen molar-refractivity contribution in [3.8, 4) is 5.75 Å². The molecule has 2 saturated heterocycles. The molecule has 5 aliphatic rings. The first-order chi connectivity index (χ1) is 29.2. The van der Waals surface area contributed by atoms with E-state index in [1.165, 1.54) is 4.90 Å². The van der Waals surface area contributed by atoms with Crippen molar-refractivity contribution in [3.63, 3.8) is 0 Å². The van der Waals surface area contributed by atoms with E-state index in [1.807, 2.05) is 24.3 Å². The van der Waals surface area contributed by atoms with Crippen LogP contribution in [0.5, 0.6) is 5.75 Å². The lowest BCUT2D eigenvalue weighted by molar-refractivity contribution is -0.158. The maximum absolute atomic E-state index is 14.7. The fraction of sp³-hybridized carbons (Fsp3) is 0.578. The van der Waals surface area contributed by atoms with E-state index < -0.39 is 90.2 Å². The molecule has 2 aromatic carbocycles. The third-order valence-electron chi connectivity index (χ3n) is 11.3. The molecule has 16 nitrogen and oxygen atoms in total. The summed E-state index contributed by atoms with van der Waals surface area (Å²) in [5.74, 6) is -4.61. The van der Waals surface area contributed by atoms with Crippen molar-refractivity contribution in [2.45, 2.75) is 140 Å². The monoisotopic (exact) mass is 845 g/mol. The number of hydrogen-bond donors (Lipinski definition) is 4. The summed E-state index contributed by atoms with van der Waals surface area (Å²) in [6.07, 6.45) is 3.55. The van der Waals surface area contributed by atoms with Gasteiger partial charge in [-0.25, -0.2) is 4.79 Å². The van der Waals surface area contributed by atoms with E-state index >= 15 is 0 Å². The second-order valence-electron chi connectivity index (χ2n) is 17.2. The van der Waals surface area contributed by atoms with Crippen LogP contribution in [0.2, 0.25) is 0 Å². The van der Waals surface area contributed by atoms with Gasteiger partial charge in [0.2, 0.25) is 29.4 Å². The zero-order valence-electron chi connectivity index (χ0n) is 35.4. The Morgan fingerprint density at radius 3 is 2.39 bits per heavy atom. The Labute approximate surface area is 356 Å². The van der Waals surface area contributed by atoms with E-state index in [1.54, 1.807) is 58.0 Å². The molecule has 4 aliphatic heterocycles. The van der Waals surface area contributed by atoms with Crippen LogP contribution in [0.1, 0.15) is 103 Å². The molecule has 3 fully saturated rings. The van der Waals surface area contributed by atoms with Crippen molar-refractivity contribution in [1.29, 1.82) is 0 Å². The highest BCUT2D eigenvalue weighted by Crippen LogP contribution is 2.36. The van der Waals surface area contributed by atoms with E-state index in [4.69, 9.17) is 18.9 Å². The van der Waals surface area contributed by atoms with Crippen molar-refractivity contribution in [3.05, 3.63) is 65.7 Å². The van der Waals surface area contributed by atoms with Crippen LogP contribution in [0.3, 0.4) is 0 Å². The lowest BCUT2D eigenvalue weighted by Crippen LogP contribution is -2.60. The van der Waals surface area contributed by atoms with Gasteiger partial charge in [0.25, 0.3) is 5.91 Å². The van der Waals surface area contributed by atoms with E-state index in [0.717, 1.165) is 37.7 Å². The number of ether oxygens (including phenoxy) is 4. The average Bonchev–Trinajstić information content (AvgIpc) is 3.79. The molecule has 1 aliphatic carbocycles. The van der Waals surface area contributed by atoms with Gasteiger partial charge >= 0.3 is 5.97 Å². The van der Waals surface area contributed by atoms with Crippen molar-refractivity contribution in [2.75, 3.05) is 19.7 Å². The van der Waals surface area contributed by atoms with Crippen LogP contribution in [0, 0.1) is 5.92 Å². The minimum atomic E-state index is -1.31. The van der Waals surface area contributed by atoms with Gasteiger partial charge in [-0.15, -0.1) is 0 Å². The number of esters is 1. The normalized spacial score (nSPS) is 24.4. The van der Waals surface area contributed by atoms with Crippen LogP contribution in [0.4, 0.5) is 0 Å². The summed E-state index contributed by atoms with van der Waals surface area (Å²) in [6.45, 7) is 6.61. The predicted octanol–water partition coefficient (Wildman–Crippen LogP) is 2.96. The van der Waals surface area contributed by atoms with Gasteiger partial charge in [-0.3, -0.25) is 28.8 Å². The summed E-state index contributed by atoms with van der Waals surface area (Å²) in [5.41, 5.74) is 0.359. The minimum absolute atomic E-state index is 0.0176. The number of hydrogen-bond acceptors (Lipinski definition) is 11. The number of Topliss-reactive ketones (excluding diaryl/α,β-unsaturated/α-hetero) is 1. The summed E-state index contributed by atoms with van der Waals surface area (Å²) in [7, 11) is 0. The molecule has 330 valence electrons. The SMILES string of the molecule is CCC[C@H](NC(=O)[C@@H]1[C@H]2OC3CCCOc4cccc(c4)CC(=O)N[C@@H](C4CCCCC4)C(=O)N1C[C@@H]2O3)C(=O)C(=O)NCC(=O)N[C@H](C(=O)OC(C)(C)C)c1ccccc1. The number of amides is 5. The molecule has 6 bridgehead atoms. The number of nitrogens with zero attached hydrogens (tertiary/aromatic N) is 1. The van der Waals surface area contributed by atoms with Crippen molar-refractivity contribution in [2.24, 2.45) is 5.92 Å². The molecule has 4 heterocycles. The van der Waals surface area contributed by atoms with Crippen molar-refractivity contribution in [1.82, 2.24) is 26.2 Å². The topological polar surface area (TPSA) is 208 Å². The highest BCUT2D eigenvalue weighted by atomic mass is 16.7. The number of carbonyl (C=O) groups is 7. The molecular formula is C45H59N5O11. The molecule has 2 aromatic rings. The maximum atomic E-state index is 14.7. The molecule has 5 amide bonds. The number of ketones is 1. The second kappa shape index (κ2) is 20.5. The van der Waals surface area contributed by atoms with Crippen LogP contribution in [0.15, 0.2) is 54.6 Å². The molecule has 0 radical (unpaired) electrons. The smallest absolute Gasteiger partial charge is 0.333 e. The third kappa shape index (κ3) is 11.9. The number of fused-ring (bicyclic) bond motifs is 7. The second-order valence-corrected chi connectivity index (χ2v) is 17.2. The zero-order chi connectivity index (χ0) is 43.7. The molecule has 1 saturated carbocycles. The van der Waals surface area contributed by atoms with E-state index in [-0.39, 0.29) is 31.2 Å². The van der Waals surface area contributed by atoms with Crippen LogP contribution in [0.25, 0.3) is 0 Å². The Balaban J connectivity index is 1.17. The lowest BCUT2D eigenvalue weighted by atomic mass is 9.83. The molecule has 61 heavy (non-hydrogen) atoms. The summed E-state index contributed by atoms with van der Waals surface area (Å²) >= 11 is 0. The zero-order valence-corrected chi connectivity index (χ0v) is 35.4.